The first-order chi connectivity index (χ1) is 44.5. The molecule has 0 bridgehead atoms. The van der Waals surface area contributed by atoms with Gasteiger partial charge in [-0.15, -0.1) is 0 Å². The number of benzene rings is 4. The summed E-state index contributed by atoms with van der Waals surface area (Å²) in [7, 11) is 3.22. The average molecular weight is 1380 g/mol. The Morgan fingerprint density at radius 1 is 0.537 bits per heavy atom. The summed E-state index contributed by atoms with van der Waals surface area (Å²) >= 11 is 0. The number of anilines is 2. The van der Waals surface area contributed by atoms with E-state index in [-0.39, 0.29) is 70.7 Å². The highest BCUT2D eigenvalue weighted by Crippen LogP contribution is 2.38. The van der Waals surface area contributed by atoms with Gasteiger partial charge in [0.25, 0.3) is 12.2 Å². The summed E-state index contributed by atoms with van der Waals surface area (Å²) in [5.41, 5.74) is 7.58. The molecule has 0 saturated carbocycles. The van der Waals surface area contributed by atoms with Crippen molar-refractivity contribution in [1.82, 2.24) is 20.0 Å². The maximum Gasteiger partial charge on any atom is 0.446 e. The van der Waals surface area contributed by atoms with Crippen molar-refractivity contribution in [3.63, 3.8) is 0 Å². The predicted octanol–water partition coefficient (Wildman–Crippen LogP) is 12.5. The van der Waals surface area contributed by atoms with Gasteiger partial charge in [0.05, 0.1) is 27.4 Å². The average Bonchev–Trinajstić information content (AvgIpc) is 0.844. The van der Waals surface area contributed by atoms with Crippen molar-refractivity contribution in [2.24, 2.45) is 0 Å². The number of carbonyl (C=O) groups is 6. The number of nitrogens with one attached hydrogen (secondary N) is 1. The fraction of sp³-hybridized carbons (Fsp3) is 0.516. The van der Waals surface area contributed by atoms with E-state index in [9.17, 15) is 89.8 Å². The topological polar surface area (TPSA) is 186 Å². The maximum atomic E-state index is 12.8. The number of hydrogen-bond acceptors (Lipinski definition) is 16. The highest BCUT2D eigenvalue weighted by molar-refractivity contribution is 5.85. The summed E-state index contributed by atoms with van der Waals surface area (Å²) in [6.07, 6.45) is -37.5. The van der Waals surface area contributed by atoms with Crippen LogP contribution in [0.5, 0.6) is 11.5 Å². The molecule has 4 aromatic carbocycles. The second kappa shape index (κ2) is 38.4. The standard InChI is InChI=1S/C30H37F6N3O5.C22H27NO4.C8H10F6N2O2.C2HF3O/c1-4-43-26(40)6-5-13-39(19-22-8-11-24(42-3)12-9-22)25-18-21(2)7-10-23(25)20-37-14-16-38(17-15-37)28(41)44-27(29(31,32)33)30(34,35)36;1-4-27-22(25)6-5-13-23(15-18-8-11-20(26-3)12-9-18)21-14-17(2)7-10-19(21)16-24;9-7(10,11)5(8(12,13)14)18-6(17)16-3-1-15-2-4-16;3-2(4,5)1-6/h7-12,18,27H,4-6,13-17,19-20H2,1-3H3;7-12,14,16H,4-6,13,15H2,1-3H3;5,15H,1-4H2;1H. The van der Waals surface area contributed by atoms with Gasteiger partial charge in [-0.3, -0.25) is 24.1 Å². The molecule has 4 aromatic rings. The van der Waals surface area contributed by atoms with Gasteiger partial charge < -0.3 is 53.3 Å². The molecule has 2 heterocycles. The fourth-order valence-electron chi connectivity index (χ4n) is 9.06. The molecule has 0 unspecified atom stereocenters. The van der Waals surface area contributed by atoms with E-state index in [4.69, 9.17) is 23.7 Å². The summed E-state index contributed by atoms with van der Waals surface area (Å²) in [5, 5.41) is 2.79. The quantitative estimate of drug-likeness (QED) is 0.0320. The Balaban J connectivity index is 0.000000389. The zero-order valence-corrected chi connectivity index (χ0v) is 52.6. The zero-order chi connectivity index (χ0) is 71.3. The lowest BCUT2D eigenvalue weighted by Gasteiger charge is -2.36. The number of amides is 2. The lowest BCUT2D eigenvalue weighted by molar-refractivity contribution is -0.309. The van der Waals surface area contributed by atoms with Crippen LogP contribution in [0.25, 0.3) is 0 Å². The number of carbonyl (C=O) groups excluding carboxylic acids is 6. The van der Waals surface area contributed by atoms with Gasteiger partial charge in [-0.1, -0.05) is 42.5 Å². The molecule has 95 heavy (non-hydrogen) atoms. The van der Waals surface area contributed by atoms with E-state index in [1.54, 1.807) is 28.1 Å². The van der Waals surface area contributed by atoms with Gasteiger partial charge in [-0.25, -0.2) is 9.59 Å². The first kappa shape index (κ1) is 81.0. The van der Waals surface area contributed by atoms with Crippen molar-refractivity contribution in [2.45, 2.75) is 116 Å². The van der Waals surface area contributed by atoms with Crippen molar-refractivity contribution >= 4 is 48.1 Å². The van der Waals surface area contributed by atoms with E-state index in [0.29, 0.717) is 76.5 Å². The van der Waals surface area contributed by atoms with E-state index < -0.39 is 61.6 Å². The van der Waals surface area contributed by atoms with Crippen LogP contribution in [-0.2, 0) is 53.0 Å². The summed E-state index contributed by atoms with van der Waals surface area (Å²) in [6, 6.07) is 27.2. The van der Waals surface area contributed by atoms with Crippen LogP contribution in [-0.4, -0.2) is 187 Å². The van der Waals surface area contributed by atoms with Crippen molar-refractivity contribution in [3.05, 3.63) is 118 Å². The molecule has 6 rings (SSSR count). The molecule has 0 spiro atoms. The van der Waals surface area contributed by atoms with Gasteiger partial charge in [0.1, 0.15) is 11.5 Å². The highest BCUT2D eigenvalue weighted by Gasteiger charge is 2.61. The molecular formula is C62H75F15N6O12. The molecule has 1 N–H and O–H groups in total. The van der Waals surface area contributed by atoms with Crippen molar-refractivity contribution < 1.29 is 123 Å². The molecule has 2 aliphatic rings. The number of rotatable bonds is 23. The van der Waals surface area contributed by atoms with Crippen LogP contribution in [0.2, 0.25) is 0 Å². The zero-order valence-electron chi connectivity index (χ0n) is 52.6. The molecule has 2 amide bonds. The van der Waals surface area contributed by atoms with Crippen molar-refractivity contribution in [3.8, 4) is 11.5 Å². The number of esters is 2. The minimum absolute atomic E-state index is 0.00126. The van der Waals surface area contributed by atoms with Gasteiger partial charge in [0, 0.05) is 115 Å². The Kier molecular flexibility index (Phi) is 32.7. The molecule has 2 aliphatic heterocycles. The van der Waals surface area contributed by atoms with Gasteiger partial charge in [-0.05, 0) is 111 Å². The summed E-state index contributed by atoms with van der Waals surface area (Å²) in [6.45, 7) is 11.8. The van der Waals surface area contributed by atoms with Crippen molar-refractivity contribution in [1.29, 1.82) is 0 Å². The monoisotopic (exact) mass is 1380 g/mol. The van der Waals surface area contributed by atoms with Crippen LogP contribution >= 0.6 is 0 Å². The van der Waals surface area contributed by atoms with Crippen LogP contribution in [0.3, 0.4) is 0 Å². The maximum absolute atomic E-state index is 12.8. The minimum Gasteiger partial charge on any atom is -0.497 e. The molecule has 0 aliphatic carbocycles. The van der Waals surface area contributed by atoms with E-state index in [1.807, 2.05) is 104 Å². The number of ether oxygens (including phenoxy) is 6. The Morgan fingerprint density at radius 3 is 1.28 bits per heavy atom. The smallest absolute Gasteiger partial charge is 0.446 e. The van der Waals surface area contributed by atoms with E-state index >= 15 is 0 Å². The number of aryl methyl sites for hydroxylation is 2. The van der Waals surface area contributed by atoms with E-state index in [1.165, 1.54) is 0 Å². The Bertz CT molecular complexity index is 2980. The molecule has 0 radical (unpaired) electrons. The van der Waals surface area contributed by atoms with Crippen LogP contribution < -0.4 is 24.6 Å². The summed E-state index contributed by atoms with van der Waals surface area (Å²) < 4.78 is 209. The lowest BCUT2D eigenvalue weighted by Crippen LogP contribution is -2.52. The molecule has 2 fully saturated rings. The number of hydrogen-bond donors (Lipinski definition) is 1. The normalized spacial score (nSPS) is 13.8. The first-order valence-corrected chi connectivity index (χ1v) is 29.3. The Hall–Kier alpha value is -8.23. The van der Waals surface area contributed by atoms with E-state index in [2.05, 4.69) is 24.6 Å². The number of nitrogens with zero attached hydrogens (tertiary/aromatic N) is 5. The molecule has 0 atom stereocenters. The number of piperazine rings is 2. The Morgan fingerprint density at radius 2 is 0.916 bits per heavy atom. The summed E-state index contributed by atoms with van der Waals surface area (Å²) in [4.78, 5) is 75.2. The molecule has 18 nitrogen and oxygen atoms in total. The Labute approximate surface area is 538 Å². The number of halogens is 15. The molecule has 33 heteroatoms. The number of aldehydes is 2. The lowest BCUT2D eigenvalue weighted by atomic mass is 10.1. The van der Waals surface area contributed by atoms with E-state index in [0.717, 1.165) is 61.0 Å². The third-order valence-electron chi connectivity index (χ3n) is 13.7. The molecule has 2 saturated heterocycles. The second-order valence-corrected chi connectivity index (χ2v) is 21.0. The third-order valence-corrected chi connectivity index (χ3v) is 13.7. The number of alkyl halides is 15. The van der Waals surface area contributed by atoms with Gasteiger partial charge in [0.2, 0.25) is 6.29 Å². The van der Waals surface area contributed by atoms with Gasteiger partial charge in [-0.2, -0.15) is 65.9 Å². The van der Waals surface area contributed by atoms with Crippen molar-refractivity contribution in [2.75, 3.05) is 103 Å². The van der Waals surface area contributed by atoms with Crippen LogP contribution in [0.15, 0.2) is 84.9 Å². The molecule has 530 valence electrons. The summed E-state index contributed by atoms with van der Waals surface area (Å²) in [5.74, 6) is 1.04. The van der Waals surface area contributed by atoms with Crippen LogP contribution in [0.4, 0.5) is 86.8 Å². The highest BCUT2D eigenvalue weighted by atomic mass is 19.4. The minimum atomic E-state index is -5.77. The van der Waals surface area contributed by atoms with Crippen LogP contribution in [0.1, 0.15) is 77.7 Å². The number of methoxy groups -OCH3 is 2. The third kappa shape index (κ3) is 29.5. The molecular weight excluding hydrogens is 1310 g/mol. The fourth-order valence-corrected chi connectivity index (χ4v) is 9.06. The molecule has 0 aromatic heterocycles. The van der Waals surface area contributed by atoms with Gasteiger partial charge >= 0.3 is 55.0 Å². The van der Waals surface area contributed by atoms with Crippen LogP contribution in [0, 0.1) is 13.8 Å². The van der Waals surface area contributed by atoms with Gasteiger partial charge in [0.15, 0.2) is 6.29 Å². The SMILES string of the molecule is CCOC(=O)CCCN(Cc1ccc(OC)cc1)c1cc(C)ccc1C=O.CCOC(=O)CCCN(Cc1ccc(OC)cc1)c1cc(C)ccc1CN1CCN(C(=O)OC(C(F)(F)F)C(F)(F)F)CC1.O=C(OC(C(F)(F)F)C(F)(F)F)N1CCNCC1.O=CC(F)(F)F. The predicted molar refractivity (Wildman–Crippen MR) is 316 cm³/mol. The second-order valence-electron chi connectivity index (χ2n) is 21.0. The largest absolute Gasteiger partial charge is 0.497 e. The first-order valence-electron chi connectivity index (χ1n) is 29.3.